The summed E-state index contributed by atoms with van der Waals surface area (Å²) in [6.45, 7) is 1.89. The highest BCUT2D eigenvalue weighted by Gasteiger charge is 2.65. The van der Waals surface area contributed by atoms with Gasteiger partial charge in [-0.25, -0.2) is 4.39 Å². The van der Waals surface area contributed by atoms with E-state index >= 15 is 0 Å². The van der Waals surface area contributed by atoms with Crippen molar-refractivity contribution in [1.82, 2.24) is 4.98 Å². The summed E-state index contributed by atoms with van der Waals surface area (Å²) in [5.74, 6) is -5.56. The van der Waals surface area contributed by atoms with E-state index in [1.807, 2.05) is 0 Å². The molecule has 40 heavy (non-hydrogen) atoms. The van der Waals surface area contributed by atoms with Gasteiger partial charge in [-0.3, -0.25) is 4.79 Å². The summed E-state index contributed by atoms with van der Waals surface area (Å²) in [6.07, 6.45) is -17.0. The van der Waals surface area contributed by atoms with Crippen molar-refractivity contribution in [3.05, 3.63) is 69.3 Å². The Balaban J connectivity index is 1.93. The van der Waals surface area contributed by atoms with Gasteiger partial charge in [0.1, 0.15) is 29.0 Å². The average molecular weight is 587 g/mol. The Bertz CT molecular complexity index is 1490. The van der Waals surface area contributed by atoms with Crippen LogP contribution in [-0.2, 0) is 10.9 Å². The molecule has 1 N–H and O–H groups in total. The van der Waals surface area contributed by atoms with Gasteiger partial charge in [0.05, 0.1) is 18.0 Å². The van der Waals surface area contributed by atoms with Crippen molar-refractivity contribution in [1.29, 1.82) is 0 Å². The van der Waals surface area contributed by atoms with Gasteiger partial charge in [-0.1, -0.05) is 13.0 Å². The number of hydrogen-bond acceptors (Lipinski definition) is 4. The van der Waals surface area contributed by atoms with Gasteiger partial charge in [-0.2, -0.15) is 26.3 Å². The van der Waals surface area contributed by atoms with E-state index in [9.17, 15) is 48.7 Å². The number of alkyl halides is 9. The molecule has 0 unspecified atom stereocenters. The zero-order valence-corrected chi connectivity index (χ0v) is 20.6. The molecule has 0 amide bonds. The molecule has 2 heterocycles. The summed E-state index contributed by atoms with van der Waals surface area (Å²) in [5.41, 5.74) is -7.02. The Morgan fingerprint density at radius 1 is 0.975 bits per heavy atom. The highest BCUT2D eigenvalue weighted by molar-refractivity contribution is 5.83. The normalized spacial score (nSPS) is 24.0. The van der Waals surface area contributed by atoms with Crippen LogP contribution in [0.25, 0.3) is 10.9 Å². The maximum atomic E-state index is 14.2. The van der Waals surface area contributed by atoms with Crippen molar-refractivity contribution in [3.63, 3.8) is 0 Å². The minimum absolute atomic E-state index is 0.0569. The number of aromatic nitrogens is 1. The van der Waals surface area contributed by atoms with Gasteiger partial charge in [-0.15, -0.1) is 13.2 Å². The molecule has 15 heteroatoms. The molecule has 1 aliphatic heterocycles. The van der Waals surface area contributed by atoms with Crippen LogP contribution in [0.15, 0.2) is 41.2 Å². The fourth-order valence-electron chi connectivity index (χ4n) is 5.00. The summed E-state index contributed by atoms with van der Waals surface area (Å²) >= 11 is 0. The lowest BCUT2D eigenvalue weighted by Crippen LogP contribution is -2.46. The number of rotatable bonds is 4. The van der Waals surface area contributed by atoms with Crippen molar-refractivity contribution in [3.8, 4) is 11.5 Å². The van der Waals surface area contributed by atoms with Gasteiger partial charge in [-0.05, 0) is 25.1 Å². The molecule has 0 radical (unpaired) electrons. The third-order valence-corrected chi connectivity index (χ3v) is 7.02. The second kappa shape index (κ2) is 9.56. The fourth-order valence-corrected chi connectivity index (χ4v) is 5.00. The van der Waals surface area contributed by atoms with Crippen LogP contribution in [0.4, 0.5) is 43.9 Å². The van der Waals surface area contributed by atoms with Crippen LogP contribution in [0.5, 0.6) is 11.5 Å². The van der Waals surface area contributed by atoms with Crippen LogP contribution in [-0.4, -0.2) is 30.2 Å². The van der Waals surface area contributed by atoms with Crippen molar-refractivity contribution in [2.24, 2.45) is 5.92 Å². The number of fused-ring (bicyclic) bond motifs is 1. The van der Waals surface area contributed by atoms with E-state index in [0.717, 1.165) is 45.2 Å². The summed E-state index contributed by atoms with van der Waals surface area (Å²) in [4.78, 5) is 15.3. The molecular weight excluding hydrogens is 568 g/mol. The van der Waals surface area contributed by atoms with Gasteiger partial charge in [0.2, 0.25) is 0 Å². The number of methoxy groups -OCH3 is 1. The van der Waals surface area contributed by atoms with Gasteiger partial charge in [0.15, 0.2) is 11.0 Å². The van der Waals surface area contributed by atoms with Crippen LogP contribution >= 0.6 is 0 Å². The molecule has 1 saturated heterocycles. The van der Waals surface area contributed by atoms with Gasteiger partial charge in [0.25, 0.3) is 0 Å². The molecule has 1 fully saturated rings. The average Bonchev–Trinajstić information content (AvgIpc) is 3.09. The molecule has 218 valence electrons. The number of aromatic amines is 1. The predicted octanol–water partition coefficient (Wildman–Crippen LogP) is 7.41. The number of benzene rings is 2. The Kier molecular flexibility index (Phi) is 7.05. The van der Waals surface area contributed by atoms with E-state index in [0.29, 0.717) is 12.1 Å². The molecule has 1 aromatic heterocycles. The van der Waals surface area contributed by atoms with Crippen LogP contribution in [0.1, 0.15) is 42.7 Å². The minimum Gasteiger partial charge on any atom is -0.496 e. The second-order valence-electron chi connectivity index (χ2n) is 9.34. The summed E-state index contributed by atoms with van der Waals surface area (Å²) in [7, 11) is 1.06. The molecule has 0 aliphatic carbocycles. The van der Waals surface area contributed by atoms with E-state index in [4.69, 9.17) is 9.47 Å². The lowest BCUT2D eigenvalue weighted by molar-refractivity contribution is -0.275. The van der Waals surface area contributed by atoms with Crippen molar-refractivity contribution in [2.45, 2.75) is 50.2 Å². The number of pyridine rings is 1. The molecular formula is C25H19F10NO4. The minimum atomic E-state index is -5.26. The highest BCUT2D eigenvalue weighted by atomic mass is 19.4. The van der Waals surface area contributed by atoms with Crippen LogP contribution < -0.4 is 14.9 Å². The van der Waals surface area contributed by atoms with Crippen molar-refractivity contribution in [2.75, 3.05) is 7.11 Å². The van der Waals surface area contributed by atoms with E-state index in [1.54, 1.807) is 0 Å². The maximum absolute atomic E-state index is 14.2. The van der Waals surface area contributed by atoms with Crippen molar-refractivity contribution >= 4 is 10.9 Å². The monoisotopic (exact) mass is 587 g/mol. The topological polar surface area (TPSA) is 60.5 Å². The first kappa shape index (κ1) is 29.5. The largest absolute Gasteiger partial charge is 0.573 e. The molecule has 0 bridgehead atoms. The Morgan fingerprint density at radius 3 is 2.17 bits per heavy atom. The smallest absolute Gasteiger partial charge is 0.496 e. The van der Waals surface area contributed by atoms with Crippen LogP contribution in [0.3, 0.4) is 0 Å². The van der Waals surface area contributed by atoms with E-state index in [1.165, 1.54) is 0 Å². The number of H-pyrrole nitrogens is 1. The predicted molar refractivity (Wildman–Crippen MR) is 119 cm³/mol. The number of hydrogen-bond donors (Lipinski definition) is 1. The first-order valence-electron chi connectivity index (χ1n) is 11.4. The molecule has 4 atom stereocenters. The number of ether oxygens (including phenoxy) is 3. The van der Waals surface area contributed by atoms with Gasteiger partial charge in [0, 0.05) is 35.2 Å². The van der Waals surface area contributed by atoms with Gasteiger partial charge < -0.3 is 19.2 Å². The molecule has 3 aromatic rings. The molecule has 4 rings (SSSR count). The zero-order chi connectivity index (χ0) is 30.0. The molecule has 5 nitrogen and oxygen atoms in total. The lowest BCUT2D eigenvalue weighted by atomic mass is 9.76. The summed E-state index contributed by atoms with van der Waals surface area (Å²) in [6, 6.07) is 4.54. The number of nitrogens with one attached hydrogen (secondary N) is 1. The first-order valence-corrected chi connectivity index (χ1v) is 11.4. The summed E-state index contributed by atoms with van der Waals surface area (Å²) < 4.78 is 150. The Hall–Kier alpha value is -3.49. The SMILES string of the molecule is COc1cc(OC(F)(F)F)ccc1[C@H]1[C@H](c2cc(=O)c3c(C(F)(F)F)c(F)ccc3[nH]2)O[C@@](C)(C(F)(F)F)[C@H]1C. The fraction of sp³-hybridized carbons (Fsp3) is 0.400. The first-order chi connectivity index (χ1) is 18.3. The third-order valence-electron chi connectivity index (χ3n) is 7.02. The van der Waals surface area contributed by atoms with Crippen molar-refractivity contribution < 1.29 is 58.1 Å². The number of halogens is 10. The van der Waals surface area contributed by atoms with Crippen LogP contribution in [0.2, 0.25) is 0 Å². The lowest BCUT2D eigenvalue weighted by Gasteiger charge is -2.32. The molecule has 0 saturated carbocycles. The van der Waals surface area contributed by atoms with E-state index in [-0.39, 0.29) is 17.0 Å². The Labute approximate surface area is 218 Å². The zero-order valence-electron chi connectivity index (χ0n) is 20.6. The van der Waals surface area contributed by atoms with E-state index < -0.39 is 75.7 Å². The van der Waals surface area contributed by atoms with Gasteiger partial charge >= 0.3 is 18.7 Å². The maximum Gasteiger partial charge on any atom is 0.573 e. The molecule has 2 aromatic carbocycles. The van der Waals surface area contributed by atoms with Crippen LogP contribution in [0, 0.1) is 11.7 Å². The Morgan fingerprint density at radius 2 is 1.62 bits per heavy atom. The second-order valence-corrected chi connectivity index (χ2v) is 9.34. The highest BCUT2D eigenvalue weighted by Crippen LogP contribution is 2.59. The summed E-state index contributed by atoms with van der Waals surface area (Å²) in [5, 5.41) is -1.07. The third kappa shape index (κ3) is 5.06. The van der Waals surface area contributed by atoms with E-state index in [2.05, 4.69) is 9.72 Å². The molecule has 1 aliphatic rings. The quantitative estimate of drug-likeness (QED) is 0.323. The standard InChI is InChI=1S/C25H19F10NO4/c1-10-18(12-5-4-11(8-17(12)38-3)39-25(33,34)35)21(40-22(10,2)24(30,31)32)15-9-16(37)19-14(36-15)7-6-13(26)20(19)23(27,28)29/h4-10,18,21H,1-3H3,(H,36,37)/t10-,18-,21-,22+/m0/s1. The molecule has 0 spiro atoms.